The second-order valence-electron chi connectivity index (χ2n) is 7.41. The van der Waals surface area contributed by atoms with Crippen molar-refractivity contribution in [3.8, 4) is 0 Å². The molecule has 0 aliphatic heterocycles. The van der Waals surface area contributed by atoms with Crippen molar-refractivity contribution in [2.75, 3.05) is 0 Å². The Balaban J connectivity index is 1.69. The first-order valence-corrected chi connectivity index (χ1v) is 10.1. The van der Waals surface area contributed by atoms with Crippen LogP contribution in [0.25, 0.3) is 10.9 Å². The minimum absolute atomic E-state index is 0.01000. The maximum absolute atomic E-state index is 12.8. The fraction of sp³-hybridized carbons (Fsp3) is 0.240. The summed E-state index contributed by atoms with van der Waals surface area (Å²) in [7, 11) is 0. The van der Waals surface area contributed by atoms with E-state index in [1.54, 1.807) is 6.26 Å². The smallest absolute Gasteiger partial charge is 0.221 e. The van der Waals surface area contributed by atoms with Crippen LogP contribution in [0.4, 0.5) is 0 Å². The molecule has 0 bridgehead atoms. The number of para-hydroxylation sites is 1. The lowest BCUT2D eigenvalue weighted by molar-refractivity contribution is -0.121. The molecular formula is C25H26N2O2. The fourth-order valence-corrected chi connectivity index (χ4v) is 3.97. The summed E-state index contributed by atoms with van der Waals surface area (Å²) >= 11 is 0. The number of hydrogen-bond donors (Lipinski definition) is 1. The van der Waals surface area contributed by atoms with E-state index < -0.39 is 0 Å². The number of nitrogens with one attached hydrogen (secondary N) is 1. The van der Waals surface area contributed by atoms with E-state index in [1.807, 2.05) is 12.1 Å². The molecule has 0 unspecified atom stereocenters. The molecule has 4 heteroatoms. The van der Waals surface area contributed by atoms with Gasteiger partial charge in [-0.25, -0.2) is 0 Å². The number of benzene rings is 2. The van der Waals surface area contributed by atoms with E-state index in [-0.39, 0.29) is 11.8 Å². The van der Waals surface area contributed by atoms with Gasteiger partial charge in [0, 0.05) is 36.0 Å². The second-order valence-corrected chi connectivity index (χ2v) is 7.41. The summed E-state index contributed by atoms with van der Waals surface area (Å²) in [5.74, 6) is 0.762. The van der Waals surface area contributed by atoms with E-state index in [1.165, 1.54) is 22.0 Å². The first-order chi connectivity index (χ1) is 14.2. The van der Waals surface area contributed by atoms with Crippen molar-refractivity contribution in [1.82, 2.24) is 9.88 Å². The Labute approximate surface area is 171 Å². The zero-order valence-corrected chi connectivity index (χ0v) is 16.9. The summed E-state index contributed by atoms with van der Waals surface area (Å²) < 4.78 is 7.59. The van der Waals surface area contributed by atoms with Gasteiger partial charge in [0.1, 0.15) is 5.76 Å². The molecular weight excluding hydrogens is 360 g/mol. The summed E-state index contributed by atoms with van der Waals surface area (Å²) in [6.07, 6.45) is 4.22. The lowest BCUT2D eigenvalue weighted by atomic mass is 9.87. The molecule has 4 aromatic rings. The first kappa shape index (κ1) is 19.1. The average molecular weight is 386 g/mol. The zero-order valence-electron chi connectivity index (χ0n) is 16.9. The van der Waals surface area contributed by atoms with Crippen LogP contribution in [0.1, 0.15) is 41.7 Å². The van der Waals surface area contributed by atoms with Crippen LogP contribution >= 0.6 is 0 Å². The summed E-state index contributed by atoms with van der Waals surface area (Å²) in [4.78, 5) is 12.8. The van der Waals surface area contributed by atoms with Crippen LogP contribution in [-0.2, 0) is 17.9 Å². The number of rotatable bonds is 7. The lowest BCUT2D eigenvalue weighted by Gasteiger charge is -2.18. The molecule has 1 N–H and O–H groups in total. The van der Waals surface area contributed by atoms with Crippen molar-refractivity contribution in [2.24, 2.45) is 0 Å². The Bertz CT molecular complexity index is 1110. The van der Waals surface area contributed by atoms with Crippen molar-refractivity contribution in [3.63, 3.8) is 0 Å². The molecule has 0 saturated heterocycles. The molecule has 0 aliphatic carbocycles. The van der Waals surface area contributed by atoms with Gasteiger partial charge in [-0.05, 0) is 43.2 Å². The van der Waals surface area contributed by atoms with E-state index in [9.17, 15) is 4.79 Å². The highest BCUT2D eigenvalue weighted by Gasteiger charge is 2.22. The highest BCUT2D eigenvalue weighted by molar-refractivity contribution is 5.86. The van der Waals surface area contributed by atoms with Crippen molar-refractivity contribution < 1.29 is 9.21 Å². The van der Waals surface area contributed by atoms with Crippen LogP contribution in [0.3, 0.4) is 0 Å². The van der Waals surface area contributed by atoms with E-state index in [0.29, 0.717) is 13.0 Å². The predicted molar refractivity (Wildman–Crippen MR) is 116 cm³/mol. The van der Waals surface area contributed by atoms with Crippen molar-refractivity contribution in [1.29, 1.82) is 0 Å². The summed E-state index contributed by atoms with van der Waals surface area (Å²) in [5.41, 5.74) is 4.76. The molecule has 0 spiro atoms. The SMILES string of the molecule is CCn1cc([C@H](CC(=O)NCc2ccco2)c2cccc(C)c2)c2ccccc21. The molecule has 2 aromatic carbocycles. The van der Waals surface area contributed by atoms with Gasteiger partial charge in [0.25, 0.3) is 0 Å². The Kier molecular flexibility index (Phi) is 5.52. The molecule has 0 fully saturated rings. The number of nitrogens with zero attached hydrogens (tertiary/aromatic N) is 1. The average Bonchev–Trinajstić information content (AvgIpc) is 3.38. The van der Waals surface area contributed by atoms with Crippen molar-refractivity contribution in [3.05, 3.63) is 95.6 Å². The normalized spacial score (nSPS) is 12.2. The molecule has 0 radical (unpaired) electrons. The van der Waals surface area contributed by atoms with Gasteiger partial charge in [0.15, 0.2) is 0 Å². The Morgan fingerprint density at radius 3 is 2.72 bits per heavy atom. The number of carbonyl (C=O) groups excluding carboxylic acids is 1. The van der Waals surface area contributed by atoms with Crippen LogP contribution in [0.15, 0.2) is 77.5 Å². The van der Waals surface area contributed by atoms with Crippen molar-refractivity contribution in [2.45, 2.75) is 39.3 Å². The second kappa shape index (κ2) is 8.39. The molecule has 0 aliphatic rings. The number of carbonyl (C=O) groups is 1. The molecule has 4 rings (SSSR count). The van der Waals surface area contributed by atoms with Crippen LogP contribution in [-0.4, -0.2) is 10.5 Å². The van der Waals surface area contributed by atoms with Gasteiger partial charge in [-0.15, -0.1) is 0 Å². The molecule has 29 heavy (non-hydrogen) atoms. The van der Waals surface area contributed by atoms with Gasteiger partial charge < -0.3 is 14.3 Å². The largest absolute Gasteiger partial charge is 0.467 e. The summed E-state index contributed by atoms with van der Waals surface area (Å²) in [6.45, 7) is 5.54. The van der Waals surface area contributed by atoms with E-state index in [2.05, 4.69) is 78.5 Å². The Hall–Kier alpha value is -3.27. The molecule has 0 saturated carbocycles. The topological polar surface area (TPSA) is 47.2 Å². The highest BCUT2D eigenvalue weighted by atomic mass is 16.3. The van der Waals surface area contributed by atoms with Gasteiger partial charge in [-0.3, -0.25) is 4.79 Å². The molecule has 148 valence electrons. The third-order valence-electron chi connectivity index (χ3n) is 5.41. The number of aryl methyl sites for hydroxylation is 2. The fourth-order valence-electron chi connectivity index (χ4n) is 3.97. The quantitative estimate of drug-likeness (QED) is 0.462. The molecule has 1 amide bonds. The molecule has 1 atom stereocenters. The monoisotopic (exact) mass is 386 g/mol. The van der Waals surface area contributed by atoms with Crippen LogP contribution in [0.5, 0.6) is 0 Å². The minimum Gasteiger partial charge on any atom is -0.467 e. The minimum atomic E-state index is -0.01000. The van der Waals surface area contributed by atoms with E-state index in [0.717, 1.165) is 17.9 Å². The van der Waals surface area contributed by atoms with Crippen LogP contribution < -0.4 is 5.32 Å². The number of fused-ring (bicyclic) bond motifs is 1. The number of hydrogen-bond acceptors (Lipinski definition) is 2. The summed E-state index contributed by atoms with van der Waals surface area (Å²) in [5, 5.41) is 4.21. The predicted octanol–water partition coefficient (Wildman–Crippen LogP) is 5.40. The van der Waals surface area contributed by atoms with Crippen LogP contribution in [0, 0.1) is 6.92 Å². The van der Waals surface area contributed by atoms with E-state index >= 15 is 0 Å². The van der Waals surface area contributed by atoms with Gasteiger partial charge >= 0.3 is 0 Å². The zero-order chi connectivity index (χ0) is 20.2. The van der Waals surface area contributed by atoms with Gasteiger partial charge in [-0.1, -0.05) is 48.0 Å². The highest BCUT2D eigenvalue weighted by Crippen LogP contribution is 2.35. The summed E-state index contributed by atoms with van der Waals surface area (Å²) in [6, 6.07) is 20.6. The van der Waals surface area contributed by atoms with Crippen molar-refractivity contribution >= 4 is 16.8 Å². The maximum atomic E-state index is 12.8. The molecule has 2 heterocycles. The van der Waals surface area contributed by atoms with Gasteiger partial charge in [0.2, 0.25) is 5.91 Å². The number of amides is 1. The number of furan rings is 1. The third-order valence-corrected chi connectivity index (χ3v) is 5.41. The molecule has 4 nitrogen and oxygen atoms in total. The van der Waals surface area contributed by atoms with Crippen LogP contribution in [0.2, 0.25) is 0 Å². The standard InChI is InChI=1S/C25H26N2O2/c1-3-27-17-23(21-11-4-5-12-24(21)27)22(19-9-6-8-18(2)14-19)15-25(28)26-16-20-10-7-13-29-20/h4-14,17,22H,3,15-16H2,1-2H3,(H,26,28)/t22-/m1/s1. The first-order valence-electron chi connectivity index (χ1n) is 10.1. The Morgan fingerprint density at radius 1 is 1.10 bits per heavy atom. The molecule has 2 aromatic heterocycles. The number of aromatic nitrogens is 1. The maximum Gasteiger partial charge on any atom is 0.221 e. The van der Waals surface area contributed by atoms with E-state index in [4.69, 9.17) is 4.42 Å². The van der Waals surface area contributed by atoms with Gasteiger partial charge in [0.05, 0.1) is 12.8 Å². The van der Waals surface area contributed by atoms with Gasteiger partial charge in [-0.2, -0.15) is 0 Å². The Morgan fingerprint density at radius 2 is 1.97 bits per heavy atom. The lowest BCUT2D eigenvalue weighted by Crippen LogP contribution is -2.24. The third kappa shape index (κ3) is 4.11.